The lowest BCUT2D eigenvalue weighted by atomic mass is 9.88. The van der Waals surface area contributed by atoms with Crippen LogP contribution in [-0.4, -0.2) is 54.8 Å². The van der Waals surface area contributed by atoms with Gasteiger partial charge in [0, 0.05) is 25.7 Å². The largest absolute Gasteiger partial charge is 0.393 e. The van der Waals surface area contributed by atoms with Gasteiger partial charge in [0.1, 0.15) is 0 Å². The van der Waals surface area contributed by atoms with Crippen LogP contribution in [0, 0.1) is 11.8 Å². The summed E-state index contributed by atoms with van der Waals surface area (Å²) in [5, 5.41) is 13.0. The Hall–Kier alpha value is -0.260. The fourth-order valence-corrected chi connectivity index (χ4v) is 2.91. The van der Waals surface area contributed by atoms with Crippen LogP contribution in [0.25, 0.3) is 0 Å². The zero-order valence-corrected chi connectivity index (χ0v) is 12.3. The third-order valence-corrected chi connectivity index (χ3v) is 3.71. The normalized spacial score (nSPS) is 27.2. The lowest BCUT2D eigenvalue weighted by Gasteiger charge is -2.40. The molecule has 0 saturated carbocycles. The van der Waals surface area contributed by atoms with Crippen LogP contribution in [0.5, 0.6) is 0 Å². The minimum atomic E-state index is -2.31. The molecule has 1 aliphatic heterocycles. The number of aliphatic hydroxyl groups excluding tert-OH is 1. The van der Waals surface area contributed by atoms with Crippen molar-refractivity contribution in [1.82, 2.24) is 10.2 Å². The van der Waals surface area contributed by atoms with E-state index in [1.807, 2.05) is 6.92 Å². The molecule has 3 nitrogen and oxygen atoms in total. The first-order valence-corrected chi connectivity index (χ1v) is 7.34. The van der Waals surface area contributed by atoms with E-state index >= 15 is 0 Å². The summed E-state index contributed by atoms with van der Waals surface area (Å²) in [6.07, 6.45) is -1.13. The molecule has 0 amide bonds. The van der Waals surface area contributed by atoms with Gasteiger partial charge in [0.25, 0.3) is 6.43 Å². The van der Waals surface area contributed by atoms with E-state index in [2.05, 4.69) is 24.1 Å². The van der Waals surface area contributed by atoms with Crippen LogP contribution in [0.4, 0.5) is 8.78 Å². The molecule has 0 aromatic rings. The van der Waals surface area contributed by atoms with Crippen molar-refractivity contribution in [3.05, 3.63) is 0 Å². The number of rotatable bonds is 7. The second-order valence-electron chi connectivity index (χ2n) is 6.08. The van der Waals surface area contributed by atoms with Gasteiger partial charge < -0.3 is 15.3 Å². The highest BCUT2D eigenvalue weighted by atomic mass is 19.3. The maximum atomic E-state index is 12.3. The Balaban J connectivity index is 2.55. The Bertz CT molecular complexity index is 252. The second-order valence-corrected chi connectivity index (χ2v) is 6.08. The summed E-state index contributed by atoms with van der Waals surface area (Å²) in [6, 6.07) is 0.0627. The number of aliphatic hydroxyl groups is 1. The highest BCUT2D eigenvalue weighted by Gasteiger charge is 2.31. The van der Waals surface area contributed by atoms with E-state index < -0.39 is 6.43 Å². The summed E-state index contributed by atoms with van der Waals surface area (Å²) >= 11 is 0. The molecular weight excluding hydrogens is 250 g/mol. The van der Waals surface area contributed by atoms with E-state index in [1.54, 1.807) is 0 Å². The van der Waals surface area contributed by atoms with Crippen molar-refractivity contribution < 1.29 is 13.9 Å². The molecule has 1 fully saturated rings. The Morgan fingerprint density at radius 1 is 1.32 bits per heavy atom. The van der Waals surface area contributed by atoms with Crippen molar-refractivity contribution in [2.24, 2.45) is 11.8 Å². The number of nitrogens with one attached hydrogen (secondary N) is 1. The molecule has 0 bridgehead atoms. The lowest BCUT2D eigenvalue weighted by Crippen LogP contribution is -2.53. The van der Waals surface area contributed by atoms with Crippen molar-refractivity contribution in [2.75, 3.05) is 26.2 Å². The number of hydrogen-bond acceptors (Lipinski definition) is 3. The maximum absolute atomic E-state index is 12.3. The van der Waals surface area contributed by atoms with Crippen molar-refractivity contribution in [3.8, 4) is 0 Å². The topological polar surface area (TPSA) is 35.5 Å². The van der Waals surface area contributed by atoms with Crippen molar-refractivity contribution in [2.45, 2.75) is 52.2 Å². The van der Waals surface area contributed by atoms with Gasteiger partial charge in [-0.2, -0.15) is 0 Å². The molecule has 1 saturated heterocycles. The van der Waals surface area contributed by atoms with Crippen molar-refractivity contribution in [3.63, 3.8) is 0 Å². The molecule has 114 valence electrons. The van der Waals surface area contributed by atoms with Crippen LogP contribution in [0.3, 0.4) is 0 Å². The third kappa shape index (κ3) is 6.15. The second kappa shape index (κ2) is 8.12. The van der Waals surface area contributed by atoms with E-state index in [4.69, 9.17) is 0 Å². The Morgan fingerprint density at radius 3 is 2.53 bits per heavy atom. The maximum Gasteiger partial charge on any atom is 0.250 e. The first kappa shape index (κ1) is 16.8. The first-order valence-electron chi connectivity index (χ1n) is 7.34. The lowest BCUT2D eigenvalue weighted by molar-refractivity contribution is 0.0282. The molecule has 2 N–H and O–H groups in total. The summed E-state index contributed by atoms with van der Waals surface area (Å²) in [5.41, 5.74) is 0. The van der Waals surface area contributed by atoms with Crippen LogP contribution >= 0.6 is 0 Å². The van der Waals surface area contributed by atoms with Crippen molar-refractivity contribution in [1.29, 1.82) is 0 Å². The molecule has 3 unspecified atom stereocenters. The molecule has 0 radical (unpaired) electrons. The van der Waals surface area contributed by atoms with Gasteiger partial charge in [-0.25, -0.2) is 8.78 Å². The Kier molecular flexibility index (Phi) is 7.18. The van der Waals surface area contributed by atoms with Crippen LogP contribution in [-0.2, 0) is 0 Å². The molecule has 0 aliphatic carbocycles. The quantitative estimate of drug-likeness (QED) is 0.747. The Labute approximate surface area is 115 Å². The molecule has 5 heteroatoms. The minimum absolute atomic E-state index is 0.0627. The fraction of sp³-hybridized carbons (Fsp3) is 1.00. The van der Waals surface area contributed by atoms with Crippen LogP contribution in [0.2, 0.25) is 0 Å². The predicted octanol–water partition coefficient (Wildman–Crippen LogP) is 1.96. The highest BCUT2D eigenvalue weighted by molar-refractivity contribution is 4.86. The summed E-state index contributed by atoms with van der Waals surface area (Å²) in [7, 11) is 0. The smallest absolute Gasteiger partial charge is 0.250 e. The van der Waals surface area contributed by atoms with Gasteiger partial charge in [-0.05, 0) is 24.7 Å². The van der Waals surface area contributed by atoms with Gasteiger partial charge in [-0.1, -0.05) is 20.8 Å². The average Bonchev–Trinajstić information content (AvgIpc) is 2.34. The summed E-state index contributed by atoms with van der Waals surface area (Å²) < 4.78 is 24.6. The molecule has 0 aromatic heterocycles. The van der Waals surface area contributed by atoms with Gasteiger partial charge in [0.05, 0.1) is 12.6 Å². The Morgan fingerprint density at radius 2 is 2.00 bits per heavy atom. The SMILES string of the molecule is CCC(O)C1CC(NCC(F)F)CN(CC(C)C)C1. The molecular formula is C14H28F2N2O. The number of alkyl halides is 2. The van der Waals surface area contributed by atoms with E-state index in [1.165, 1.54) is 0 Å². The number of likely N-dealkylation sites (tertiary alicyclic amines) is 1. The summed E-state index contributed by atoms with van der Waals surface area (Å²) in [4.78, 5) is 2.29. The standard InChI is InChI=1S/C14H28F2N2O/c1-4-13(19)11-5-12(17-6-14(15)16)9-18(8-11)7-10(2)3/h10-14,17,19H,4-9H2,1-3H3. The van der Waals surface area contributed by atoms with E-state index in [0.717, 1.165) is 32.5 Å². The monoisotopic (exact) mass is 278 g/mol. The molecule has 0 spiro atoms. The van der Waals surface area contributed by atoms with Gasteiger partial charge in [0.15, 0.2) is 0 Å². The predicted molar refractivity (Wildman–Crippen MR) is 73.5 cm³/mol. The third-order valence-electron chi connectivity index (χ3n) is 3.71. The molecule has 1 heterocycles. The molecule has 3 atom stereocenters. The van der Waals surface area contributed by atoms with Gasteiger partial charge >= 0.3 is 0 Å². The zero-order valence-electron chi connectivity index (χ0n) is 12.3. The van der Waals surface area contributed by atoms with Crippen LogP contribution in [0.1, 0.15) is 33.6 Å². The fourth-order valence-electron chi connectivity index (χ4n) is 2.91. The molecule has 0 aromatic carbocycles. The highest BCUT2D eigenvalue weighted by Crippen LogP contribution is 2.22. The molecule has 19 heavy (non-hydrogen) atoms. The van der Waals surface area contributed by atoms with Gasteiger partial charge in [-0.15, -0.1) is 0 Å². The number of halogens is 2. The summed E-state index contributed by atoms with van der Waals surface area (Å²) in [6.45, 7) is 8.66. The number of nitrogens with zero attached hydrogens (tertiary/aromatic N) is 1. The van der Waals surface area contributed by atoms with E-state index in [-0.39, 0.29) is 24.6 Å². The van der Waals surface area contributed by atoms with E-state index in [9.17, 15) is 13.9 Å². The molecule has 1 rings (SSSR count). The summed E-state index contributed by atoms with van der Waals surface area (Å²) in [5.74, 6) is 0.737. The average molecular weight is 278 g/mol. The number of piperidine rings is 1. The van der Waals surface area contributed by atoms with Crippen molar-refractivity contribution >= 4 is 0 Å². The zero-order chi connectivity index (χ0) is 14.4. The van der Waals surface area contributed by atoms with Crippen LogP contribution in [0.15, 0.2) is 0 Å². The van der Waals surface area contributed by atoms with E-state index in [0.29, 0.717) is 5.92 Å². The first-order chi connectivity index (χ1) is 8.92. The van der Waals surface area contributed by atoms with Gasteiger partial charge in [0.2, 0.25) is 0 Å². The number of hydrogen-bond donors (Lipinski definition) is 2. The van der Waals surface area contributed by atoms with Gasteiger partial charge in [-0.3, -0.25) is 0 Å². The minimum Gasteiger partial charge on any atom is -0.393 e. The van der Waals surface area contributed by atoms with Crippen LogP contribution < -0.4 is 5.32 Å². The molecule has 1 aliphatic rings.